The van der Waals surface area contributed by atoms with Crippen molar-refractivity contribution in [1.82, 2.24) is 4.57 Å². The molecule has 0 unspecified atom stereocenters. The van der Waals surface area contributed by atoms with E-state index >= 15 is 0 Å². The monoisotopic (exact) mass is 454 g/mol. The Balaban J connectivity index is 2.15. The molecule has 3 rings (SSSR count). The van der Waals surface area contributed by atoms with Crippen LogP contribution in [0.5, 0.6) is 0 Å². The van der Waals surface area contributed by atoms with Crippen LogP contribution in [-0.4, -0.2) is 39.3 Å². The Hall–Kier alpha value is -2.20. The summed E-state index contributed by atoms with van der Waals surface area (Å²) in [5.74, 6) is -0.464. The van der Waals surface area contributed by atoms with Crippen LogP contribution in [0.4, 0.5) is 0 Å². The molecule has 0 aliphatic rings. The average molecular weight is 455 g/mol. The summed E-state index contributed by atoms with van der Waals surface area (Å²) >= 11 is 7.02. The first-order valence-electron chi connectivity index (χ1n) is 8.71. The Kier molecular flexibility index (Phi) is 6.74. The molecule has 0 saturated carbocycles. The normalized spacial score (nSPS) is 12.4. The summed E-state index contributed by atoms with van der Waals surface area (Å²) < 4.78 is 42.2. The summed E-state index contributed by atoms with van der Waals surface area (Å²) in [6.45, 7) is 3.25. The highest BCUT2D eigenvalue weighted by Gasteiger charge is 2.16. The van der Waals surface area contributed by atoms with E-state index in [2.05, 4.69) is 4.40 Å². The summed E-state index contributed by atoms with van der Waals surface area (Å²) in [7, 11) is -2.63. The minimum Gasteiger partial charge on any atom is -0.465 e. The predicted octanol–water partition coefficient (Wildman–Crippen LogP) is 3.47. The Bertz CT molecular complexity index is 1200. The van der Waals surface area contributed by atoms with Gasteiger partial charge in [-0.25, -0.2) is 4.79 Å². The van der Waals surface area contributed by atoms with Gasteiger partial charge in [-0.15, -0.1) is 4.40 Å². The van der Waals surface area contributed by atoms with Gasteiger partial charge in [-0.3, -0.25) is 0 Å². The molecule has 0 aliphatic carbocycles. The first-order chi connectivity index (χ1) is 13.9. The van der Waals surface area contributed by atoms with Gasteiger partial charge in [-0.1, -0.05) is 22.9 Å². The van der Waals surface area contributed by atoms with Gasteiger partial charge < -0.3 is 14.0 Å². The zero-order chi connectivity index (χ0) is 21.0. The highest BCUT2D eigenvalue weighted by atomic mass is 35.5. The van der Waals surface area contributed by atoms with Gasteiger partial charge in [0.05, 0.1) is 34.4 Å². The highest BCUT2D eigenvalue weighted by Crippen LogP contribution is 2.21. The first-order valence-corrected chi connectivity index (χ1v) is 11.3. The van der Waals surface area contributed by atoms with Crippen molar-refractivity contribution in [2.24, 2.45) is 4.40 Å². The number of carbonyl (C=O) groups excluding carboxylic acids is 1. The van der Waals surface area contributed by atoms with Crippen molar-refractivity contribution in [2.45, 2.75) is 18.4 Å². The molecule has 0 atom stereocenters. The van der Waals surface area contributed by atoms with Crippen LogP contribution in [0.2, 0.25) is 5.02 Å². The number of benzene rings is 2. The number of fused-ring (bicyclic) bond motifs is 1. The Morgan fingerprint density at radius 1 is 1.21 bits per heavy atom. The number of ether oxygens (including phenoxy) is 2. The molecule has 1 heterocycles. The van der Waals surface area contributed by atoms with Crippen molar-refractivity contribution in [1.29, 1.82) is 0 Å². The second-order valence-electron chi connectivity index (χ2n) is 5.93. The molecule has 0 aliphatic heterocycles. The smallest absolute Gasteiger partial charge is 0.337 e. The van der Waals surface area contributed by atoms with Gasteiger partial charge in [0.15, 0.2) is 0 Å². The Labute approximate surface area is 177 Å². The van der Waals surface area contributed by atoms with Gasteiger partial charge in [0.1, 0.15) is 0 Å². The van der Waals surface area contributed by atoms with Crippen molar-refractivity contribution in [2.75, 3.05) is 20.3 Å². The molecule has 154 valence electrons. The second kappa shape index (κ2) is 9.08. The average Bonchev–Trinajstić information content (AvgIpc) is 3.03. The van der Waals surface area contributed by atoms with E-state index in [0.717, 1.165) is 10.2 Å². The minimum absolute atomic E-state index is 0.0472. The summed E-state index contributed by atoms with van der Waals surface area (Å²) in [5, 5.41) is 0.438. The molecule has 3 aromatic rings. The SMILES string of the molecule is CCOCCn1/c(=N/S(=O)(=O)c2ccc(Cl)cc2)sc2cc(C(=O)OC)ccc21. The summed E-state index contributed by atoms with van der Waals surface area (Å²) in [4.78, 5) is 12.2. The van der Waals surface area contributed by atoms with E-state index in [1.807, 2.05) is 6.92 Å². The number of methoxy groups -OCH3 is 1. The van der Waals surface area contributed by atoms with Crippen molar-refractivity contribution >= 4 is 49.1 Å². The van der Waals surface area contributed by atoms with E-state index in [9.17, 15) is 13.2 Å². The molecule has 0 spiro atoms. The van der Waals surface area contributed by atoms with Crippen LogP contribution in [0, 0.1) is 0 Å². The number of aromatic nitrogens is 1. The number of rotatable bonds is 7. The van der Waals surface area contributed by atoms with E-state index in [1.54, 1.807) is 22.8 Å². The Morgan fingerprint density at radius 2 is 1.93 bits per heavy atom. The van der Waals surface area contributed by atoms with E-state index in [0.29, 0.717) is 30.3 Å². The largest absolute Gasteiger partial charge is 0.465 e. The first kappa shape index (κ1) is 21.5. The van der Waals surface area contributed by atoms with Crippen LogP contribution >= 0.6 is 22.9 Å². The second-order valence-corrected chi connectivity index (χ2v) is 8.98. The van der Waals surface area contributed by atoms with E-state index in [1.165, 1.54) is 42.7 Å². The van der Waals surface area contributed by atoms with Crippen LogP contribution in [0.1, 0.15) is 17.3 Å². The lowest BCUT2D eigenvalue weighted by Crippen LogP contribution is -2.20. The van der Waals surface area contributed by atoms with Gasteiger partial charge in [0, 0.05) is 18.2 Å². The number of nitrogens with zero attached hydrogens (tertiary/aromatic N) is 2. The van der Waals surface area contributed by atoms with Gasteiger partial charge in [-0.05, 0) is 49.4 Å². The number of esters is 1. The molecule has 10 heteroatoms. The highest BCUT2D eigenvalue weighted by molar-refractivity contribution is 7.90. The number of halogens is 1. The third-order valence-corrected chi connectivity index (χ3v) is 6.77. The Morgan fingerprint density at radius 3 is 2.59 bits per heavy atom. The lowest BCUT2D eigenvalue weighted by molar-refractivity contribution is 0.0601. The molecule has 7 nitrogen and oxygen atoms in total. The molecule has 0 fully saturated rings. The minimum atomic E-state index is -3.94. The van der Waals surface area contributed by atoms with Gasteiger partial charge in [0.2, 0.25) is 4.80 Å². The lowest BCUT2D eigenvalue weighted by atomic mass is 10.2. The van der Waals surface area contributed by atoms with Crippen molar-refractivity contribution in [3.05, 3.63) is 57.9 Å². The predicted molar refractivity (Wildman–Crippen MR) is 112 cm³/mol. The van der Waals surface area contributed by atoms with Crippen molar-refractivity contribution < 1.29 is 22.7 Å². The van der Waals surface area contributed by atoms with Gasteiger partial charge in [0.25, 0.3) is 10.0 Å². The van der Waals surface area contributed by atoms with Crippen molar-refractivity contribution in [3.8, 4) is 0 Å². The summed E-state index contributed by atoms with van der Waals surface area (Å²) in [6, 6.07) is 10.9. The van der Waals surface area contributed by atoms with E-state index < -0.39 is 16.0 Å². The molecule has 1 aromatic heterocycles. The summed E-state index contributed by atoms with van der Waals surface area (Å²) in [5.41, 5.74) is 1.14. The molecular weight excluding hydrogens is 436 g/mol. The van der Waals surface area contributed by atoms with Gasteiger partial charge >= 0.3 is 5.97 Å². The maximum Gasteiger partial charge on any atom is 0.337 e. The molecule has 0 N–H and O–H groups in total. The number of carbonyl (C=O) groups is 1. The van der Waals surface area contributed by atoms with Crippen LogP contribution in [0.25, 0.3) is 10.2 Å². The summed E-state index contributed by atoms with van der Waals surface area (Å²) in [6.07, 6.45) is 0. The fourth-order valence-electron chi connectivity index (χ4n) is 2.67. The van der Waals surface area contributed by atoms with Gasteiger partial charge in [-0.2, -0.15) is 8.42 Å². The zero-order valence-corrected chi connectivity index (χ0v) is 18.2. The van der Waals surface area contributed by atoms with E-state index in [4.69, 9.17) is 21.1 Å². The lowest BCUT2D eigenvalue weighted by Gasteiger charge is -2.06. The van der Waals surface area contributed by atoms with Crippen LogP contribution in [0.15, 0.2) is 51.8 Å². The molecule has 0 radical (unpaired) electrons. The molecule has 29 heavy (non-hydrogen) atoms. The number of hydrogen-bond donors (Lipinski definition) is 0. The van der Waals surface area contributed by atoms with Crippen molar-refractivity contribution in [3.63, 3.8) is 0 Å². The standard InChI is InChI=1S/C19H19ClN2O5S2/c1-3-27-11-10-22-16-9-4-13(18(23)26-2)12-17(16)28-19(22)21-29(24,25)15-7-5-14(20)6-8-15/h4-9,12H,3,10-11H2,1-2H3/b21-19-. The maximum absolute atomic E-state index is 12.8. The quantitative estimate of drug-likeness (QED) is 0.403. The molecule has 2 aromatic carbocycles. The zero-order valence-electron chi connectivity index (χ0n) is 15.8. The molecular formula is C19H19ClN2O5S2. The number of sulfonamides is 1. The third-order valence-electron chi connectivity index (χ3n) is 4.08. The van der Waals surface area contributed by atoms with Crippen LogP contribution in [-0.2, 0) is 26.0 Å². The third kappa shape index (κ3) is 4.87. The number of hydrogen-bond acceptors (Lipinski definition) is 6. The maximum atomic E-state index is 12.8. The molecule has 0 bridgehead atoms. The fourth-order valence-corrected chi connectivity index (χ4v) is 5.09. The van der Waals surface area contributed by atoms with Crippen LogP contribution in [0.3, 0.4) is 0 Å². The number of thiazole rings is 1. The topological polar surface area (TPSA) is 87.0 Å². The molecule has 0 amide bonds. The molecule has 0 saturated heterocycles. The van der Waals surface area contributed by atoms with E-state index in [-0.39, 0.29) is 9.70 Å². The van der Waals surface area contributed by atoms with Crippen LogP contribution < -0.4 is 4.80 Å². The fraction of sp³-hybridized carbons (Fsp3) is 0.263.